The average molecular weight is 1120 g/mol. The second-order valence-electron chi connectivity index (χ2n) is 23.7. The molecule has 0 saturated carbocycles. The van der Waals surface area contributed by atoms with E-state index >= 15 is 0 Å². The van der Waals surface area contributed by atoms with Gasteiger partial charge in [0, 0.05) is 34.6 Å². The topological polar surface area (TPSA) is 51.6 Å². The van der Waals surface area contributed by atoms with E-state index in [0.717, 1.165) is 46.2 Å². The van der Waals surface area contributed by atoms with E-state index in [1.807, 2.05) is 54.9 Å². The minimum Gasteiger partial charge on any atom is -0.264 e. The number of rotatable bonds is 8. The zero-order chi connectivity index (χ0) is 57.6. The predicted molar refractivity (Wildman–Crippen MR) is 365 cm³/mol. The van der Waals surface area contributed by atoms with Crippen molar-refractivity contribution in [2.75, 3.05) is 0 Å². The fourth-order valence-electron chi connectivity index (χ4n) is 15.6. The molecule has 0 unspecified atom stereocenters. The first-order valence-electron chi connectivity index (χ1n) is 30.5. The van der Waals surface area contributed by atoms with Crippen LogP contribution in [0, 0.1) is 0 Å². The molecular weight excluding hydrogens is 1060 g/mol. The zero-order valence-corrected chi connectivity index (χ0v) is 47.8. The van der Waals surface area contributed by atoms with E-state index in [0.29, 0.717) is 17.5 Å². The van der Waals surface area contributed by atoms with Gasteiger partial charge in [-0.15, -0.1) is 0 Å². The number of nitrogens with zero attached hydrogens (tertiary/aromatic N) is 4. The predicted octanol–water partition coefficient (Wildman–Crippen LogP) is 20.9. The van der Waals surface area contributed by atoms with Crippen molar-refractivity contribution < 1.29 is 0 Å². The van der Waals surface area contributed by atoms with Crippen molar-refractivity contribution in [1.82, 2.24) is 19.9 Å². The number of hydrogen-bond acceptors (Lipinski definition) is 4. The van der Waals surface area contributed by atoms with Gasteiger partial charge in [0.05, 0.1) is 0 Å². The first-order valence-corrected chi connectivity index (χ1v) is 30.5. The van der Waals surface area contributed by atoms with Gasteiger partial charge in [-0.25, -0.2) is 15.0 Å². The normalized spacial score (nSPS) is 12.7. The second kappa shape index (κ2) is 19.0. The second-order valence-corrected chi connectivity index (χ2v) is 23.7. The molecule has 0 aliphatic heterocycles. The van der Waals surface area contributed by atoms with Gasteiger partial charge in [0.2, 0.25) is 0 Å². The Bertz CT molecular complexity index is 5540. The van der Waals surface area contributed by atoms with Gasteiger partial charge in [-0.05, 0) is 196 Å². The molecule has 0 atom stereocenters. The van der Waals surface area contributed by atoms with Crippen LogP contribution in [0.3, 0.4) is 0 Å². The zero-order valence-electron chi connectivity index (χ0n) is 47.8. The van der Waals surface area contributed by atoms with Crippen LogP contribution in [0.15, 0.2) is 279 Å². The van der Waals surface area contributed by atoms with E-state index in [4.69, 9.17) is 15.0 Å². The van der Waals surface area contributed by atoms with E-state index in [1.54, 1.807) is 0 Å². The molecule has 0 bridgehead atoms. The van der Waals surface area contributed by atoms with Gasteiger partial charge in [-0.1, -0.05) is 243 Å². The number of pyridine rings is 1. The van der Waals surface area contributed by atoms with Crippen LogP contribution in [0.1, 0.15) is 17.5 Å². The number of aromatic nitrogens is 4. The Kier molecular flexibility index (Phi) is 10.6. The lowest BCUT2D eigenvalue weighted by atomic mass is 9.80. The molecule has 0 N–H and O–H groups in total. The Balaban J connectivity index is 0.899. The maximum absolute atomic E-state index is 5.34. The molecule has 88 heavy (non-hydrogen) atoms. The summed E-state index contributed by atoms with van der Waals surface area (Å²) in [5, 5.41) is 14.4. The molecule has 19 rings (SSSR count). The molecule has 4 nitrogen and oxygen atoms in total. The molecule has 0 spiro atoms. The van der Waals surface area contributed by atoms with Gasteiger partial charge < -0.3 is 0 Å². The van der Waals surface area contributed by atoms with Gasteiger partial charge in [-0.3, -0.25) is 4.98 Å². The fraction of sp³-hybridized carbons (Fsp3) is 0.0238. The van der Waals surface area contributed by atoms with Crippen LogP contribution in [0.5, 0.6) is 0 Å². The SMILES string of the molecule is c1ccc(-c2nc(-c3ccccc3)nc(-c3cc(-c4cccnc4)cc(-c4c5c(c(-c6ccccc6)c6ccccc46)C4=c6c-5ccc5c6c(c6ccc7c8c(ccc5c68)-c5c-7c(-c6ccccc6)c6ccccc6c5-c5ccccc5)CC4)c3)n2)cc1. The summed E-state index contributed by atoms with van der Waals surface area (Å²) in [6.07, 6.45) is 5.63. The van der Waals surface area contributed by atoms with E-state index in [9.17, 15) is 0 Å². The van der Waals surface area contributed by atoms with E-state index in [2.05, 4.69) is 229 Å². The van der Waals surface area contributed by atoms with Crippen molar-refractivity contribution in [3.8, 4) is 123 Å². The van der Waals surface area contributed by atoms with Crippen molar-refractivity contribution in [1.29, 1.82) is 0 Å². The molecule has 2 aromatic heterocycles. The van der Waals surface area contributed by atoms with Crippen LogP contribution in [-0.2, 0) is 6.42 Å². The maximum Gasteiger partial charge on any atom is 0.164 e. The van der Waals surface area contributed by atoms with Gasteiger partial charge in [0.15, 0.2) is 17.5 Å². The smallest absolute Gasteiger partial charge is 0.164 e. The number of benzene rings is 14. The number of aryl methyl sites for hydroxylation is 1. The summed E-state index contributed by atoms with van der Waals surface area (Å²) in [6, 6.07) is 97.9. The highest BCUT2D eigenvalue weighted by Crippen LogP contribution is 2.61. The van der Waals surface area contributed by atoms with Crippen molar-refractivity contribution >= 4 is 59.4 Å². The van der Waals surface area contributed by atoms with E-state index < -0.39 is 0 Å². The molecule has 0 amide bonds. The van der Waals surface area contributed by atoms with Gasteiger partial charge >= 0.3 is 0 Å². The largest absolute Gasteiger partial charge is 0.264 e. The molecule has 3 aliphatic carbocycles. The van der Waals surface area contributed by atoms with Gasteiger partial charge in [0.1, 0.15) is 0 Å². The van der Waals surface area contributed by atoms with Crippen LogP contribution >= 0.6 is 0 Å². The van der Waals surface area contributed by atoms with Gasteiger partial charge in [0.25, 0.3) is 0 Å². The summed E-state index contributed by atoms with van der Waals surface area (Å²) in [6.45, 7) is 0. The Morgan fingerprint density at radius 2 is 0.636 bits per heavy atom. The molecule has 4 heteroatoms. The molecule has 0 fully saturated rings. The highest BCUT2D eigenvalue weighted by molar-refractivity contribution is 6.35. The number of fused-ring (bicyclic) bond motifs is 10. The third-order valence-corrected chi connectivity index (χ3v) is 19.1. The highest BCUT2D eigenvalue weighted by Gasteiger charge is 2.37. The number of hydrogen-bond donors (Lipinski definition) is 0. The standard InChI is InChI=1S/C84H50N4/c1-6-21-49(22-7-1)70-58-32-16-17-33-59(58)71(50-23-8-2-9-24-50)79-67-41-37-63-65-39-43-69-77-68(42-38-64(75(65)77)62-36-40-66(78(70)79)76(67)74(62)63)80-72(51-25-10-3-11-26-51)60-34-18-19-35-61(60)73(81(69)80)56-45-55(54-31-20-44-85-48-54)46-57(47-56)84-87-82(52-27-12-4-13-28-52)86-83(88-84)53-29-14-5-15-30-53/h1-37,39-41,43-48H,38,42H2. The van der Waals surface area contributed by atoms with Gasteiger partial charge in [-0.2, -0.15) is 0 Å². The summed E-state index contributed by atoms with van der Waals surface area (Å²) >= 11 is 0. The van der Waals surface area contributed by atoms with Crippen LogP contribution in [0.2, 0.25) is 0 Å². The minimum absolute atomic E-state index is 0.604. The summed E-state index contributed by atoms with van der Waals surface area (Å²) in [4.78, 5) is 20.5. The van der Waals surface area contributed by atoms with Crippen molar-refractivity contribution in [2.45, 2.75) is 12.8 Å². The summed E-state index contributed by atoms with van der Waals surface area (Å²) in [5.41, 5.74) is 26.7. The molecule has 3 aliphatic rings. The fourth-order valence-corrected chi connectivity index (χ4v) is 15.6. The summed E-state index contributed by atoms with van der Waals surface area (Å²) in [5.74, 6) is 1.85. The Morgan fingerprint density at radius 3 is 1.15 bits per heavy atom. The molecule has 2 heterocycles. The Labute approximate surface area is 508 Å². The van der Waals surface area contributed by atoms with Crippen LogP contribution in [-0.4, -0.2) is 19.9 Å². The van der Waals surface area contributed by atoms with Crippen LogP contribution in [0.4, 0.5) is 0 Å². The Morgan fingerprint density at radius 1 is 0.239 bits per heavy atom. The highest BCUT2D eigenvalue weighted by atomic mass is 15.0. The summed E-state index contributed by atoms with van der Waals surface area (Å²) < 4.78 is 0. The lowest BCUT2D eigenvalue weighted by molar-refractivity contribution is 1.02. The first kappa shape index (κ1) is 48.9. The van der Waals surface area contributed by atoms with E-state index in [-0.39, 0.29) is 0 Å². The molecule has 0 radical (unpaired) electrons. The first-order chi connectivity index (χ1) is 43.7. The third kappa shape index (κ3) is 7.08. The van der Waals surface area contributed by atoms with E-state index in [1.165, 1.54) is 148 Å². The molecule has 14 aromatic carbocycles. The maximum atomic E-state index is 5.34. The van der Waals surface area contributed by atoms with Crippen molar-refractivity contribution in [2.24, 2.45) is 0 Å². The third-order valence-electron chi connectivity index (χ3n) is 19.1. The lowest BCUT2D eigenvalue weighted by Gasteiger charge is -2.23. The van der Waals surface area contributed by atoms with Crippen molar-refractivity contribution in [3.05, 3.63) is 296 Å². The molecule has 16 aromatic rings. The monoisotopic (exact) mass is 1110 g/mol. The average Bonchev–Trinajstić information content (AvgIpc) is 1.58. The lowest BCUT2D eigenvalue weighted by Crippen LogP contribution is -2.15. The van der Waals surface area contributed by atoms with Crippen molar-refractivity contribution in [3.63, 3.8) is 0 Å². The quantitative estimate of drug-likeness (QED) is 0.112. The summed E-state index contributed by atoms with van der Waals surface area (Å²) in [7, 11) is 0. The molecular formula is C84H50N4. The van der Waals surface area contributed by atoms with Crippen LogP contribution < -0.4 is 5.22 Å². The van der Waals surface area contributed by atoms with Crippen LogP contribution in [0.25, 0.3) is 183 Å². The minimum atomic E-state index is 0.604. The molecule has 0 saturated heterocycles. The Hall–Kier alpha value is -11.5. The molecule has 406 valence electrons.